The van der Waals surface area contributed by atoms with Crippen LogP contribution in [-0.4, -0.2) is 32.7 Å². The molecule has 0 aromatic carbocycles. The molecule has 1 aromatic rings. The summed E-state index contributed by atoms with van der Waals surface area (Å²) >= 11 is 7.07. The van der Waals surface area contributed by atoms with Crippen LogP contribution in [0.3, 0.4) is 0 Å². The van der Waals surface area contributed by atoms with Gasteiger partial charge in [-0.2, -0.15) is 16.9 Å². The molecule has 0 saturated heterocycles. The molecular formula is C13H20N4S2. The molecule has 104 valence electrons. The highest BCUT2D eigenvalue weighted by Gasteiger charge is 2.28. The summed E-state index contributed by atoms with van der Waals surface area (Å²) in [6, 6.07) is 0.430. The van der Waals surface area contributed by atoms with Crippen molar-refractivity contribution < 1.29 is 0 Å². The number of thiocarbonyl (C=S) groups is 1. The third-order valence-corrected chi connectivity index (χ3v) is 5.15. The van der Waals surface area contributed by atoms with Crippen LogP contribution in [0.2, 0.25) is 0 Å². The minimum absolute atomic E-state index is 0.386. The number of aryl methyl sites for hydroxylation is 1. The van der Waals surface area contributed by atoms with Gasteiger partial charge in [-0.3, -0.25) is 0 Å². The normalized spacial score (nSPS) is 22.5. The minimum Gasteiger partial charge on any atom is -0.389 e. The Bertz CT molecular complexity index is 490. The number of nitrogens with one attached hydrogen (secondary N) is 1. The summed E-state index contributed by atoms with van der Waals surface area (Å²) in [5.74, 6) is 0.738. The van der Waals surface area contributed by atoms with E-state index in [0.29, 0.717) is 16.3 Å². The summed E-state index contributed by atoms with van der Waals surface area (Å²) in [5.41, 5.74) is 8.58. The van der Waals surface area contributed by atoms with Gasteiger partial charge in [0, 0.05) is 11.3 Å². The molecule has 0 amide bonds. The molecule has 2 unspecified atom stereocenters. The second-order valence-electron chi connectivity index (χ2n) is 4.95. The SMILES string of the molecule is CSC1CCCC1Nc1nnc(C)c(C)c1C(N)=S. The quantitative estimate of drug-likeness (QED) is 0.832. The number of thioether (sulfide) groups is 1. The summed E-state index contributed by atoms with van der Waals surface area (Å²) in [6.07, 6.45) is 5.82. The Morgan fingerprint density at radius 2 is 2.11 bits per heavy atom. The topological polar surface area (TPSA) is 63.8 Å². The van der Waals surface area contributed by atoms with Crippen LogP contribution < -0.4 is 11.1 Å². The van der Waals surface area contributed by atoms with Crippen molar-refractivity contribution in [1.29, 1.82) is 0 Å². The van der Waals surface area contributed by atoms with Gasteiger partial charge in [0.05, 0.1) is 11.3 Å². The van der Waals surface area contributed by atoms with Crippen LogP contribution in [0.4, 0.5) is 5.82 Å². The van der Waals surface area contributed by atoms with Gasteiger partial charge < -0.3 is 11.1 Å². The van der Waals surface area contributed by atoms with Crippen molar-refractivity contribution in [3.63, 3.8) is 0 Å². The Kier molecular flexibility index (Phi) is 4.62. The molecule has 3 N–H and O–H groups in total. The van der Waals surface area contributed by atoms with Crippen LogP contribution in [0.1, 0.15) is 36.1 Å². The fraction of sp³-hybridized carbons (Fsp3) is 0.615. The predicted molar refractivity (Wildman–Crippen MR) is 86.0 cm³/mol. The highest BCUT2D eigenvalue weighted by atomic mass is 32.2. The average Bonchev–Trinajstić information content (AvgIpc) is 2.80. The summed E-state index contributed by atoms with van der Waals surface area (Å²) < 4.78 is 0. The number of hydrogen-bond donors (Lipinski definition) is 2. The Hall–Kier alpha value is -0.880. The van der Waals surface area contributed by atoms with E-state index in [2.05, 4.69) is 21.8 Å². The molecule has 1 fully saturated rings. The monoisotopic (exact) mass is 296 g/mol. The minimum atomic E-state index is 0.386. The second kappa shape index (κ2) is 6.05. The fourth-order valence-electron chi connectivity index (χ4n) is 2.56. The number of anilines is 1. The summed E-state index contributed by atoms with van der Waals surface area (Å²) in [4.78, 5) is 0.386. The summed E-state index contributed by atoms with van der Waals surface area (Å²) in [6.45, 7) is 3.92. The van der Waals surface area contributed by atoms with Crippen molar-refractivity contribution in [2.24, 2.45) is 5.73 Å². The van der Waals surface area contributed by atoms with Gasteiger partial charge in [-0.25, -0.2) is 0 Å². The van der Waals surface area contributed by atoms with Crippen molar-refractivity contribution in [3.05, 3.63) is 16.8 Å². The molecule has 0 spiro atoms. The van der Waals surface area contributed by atoms with Crippen LogP contribution in [0.25, 0.3) is 0 Å². The lowest BCUT2D eigenvalue weighted by molar-refractivity contribution is 0.756. The molecule has 1 aliphatic rings. The smallest absolute Gasteiger partial charge is 0.159 e. The maximum atomic E-state index is 5.84. The molecule has 1 aromatic heterocycles. The molecule has 6 heteroatoms. The molecule has 0 bridgehead atoms. The zero-order chi connectivity index (χ0) is 14.0. The lowest BCUT2D eigenvalue weighted by Gasteiger charge is -2.21. The largest absolute Gasteiger partial charge is 0.389 e. The van der Waals surface area contributed by atoms with E-state index in [9.17, 15) is 0 Å². The van der Waals surface area contributed by atoms with E-state index in [4.69, 9.17) is 18.0 Å². The molecule has 1 saturated carbocycles. The first-order chi connectivity index (χ1) is 9.04. The zero-order valence-electron chi connectivity index (χ0n) is 11.6. The lowest BCUT2D eigenvalue weighted by Crippen LogP contribution is -2.29. The van der Waals surface area contributed by atoms with E-state index in [1.807, 2.05) is 25.6 Å². The average molecular weight is 296 g/mol. The standard InChI is InChI=1S/C13H20N4S2/c1-7-8(2)16-17-13(11(7)12(14)18)15-9-5-4-6-10(9)19-3/h9-10H,4-6H2,1-3H3,(H2,14,18)(H,15,17). The molecule has 19 heavy (non-hydrogen) atoms. The third kappa shape index (κ3) is 3.00. The molecule has 4 nitrogen and oxygen atoms in total. The molecular weight excluding hydrogens is 276 g/mol. The van der Waals surface area contributed by atoms with Crippen LogP contribution in [0, 0.1) is 13.8 Å². The number of aromatic nitrogens is 2. The maximum Gasteiger partial charge on any atom is 0.159 e. The van der Waals surface area contributed by atoms with Gasteiger partial charge >= 0.3 is 0 Å². The number of nitrogens with two attached hydrogens (primary N) is 1. The maximum absolute atomic E-state index is 5.84. The van der Waals surface area contributed by atoms with Gasteiger partial charge in [0.25, 0.3) is 0 Å². The van der Waals surface area contributed by atoms with E-state index >= 15 is 0 Å². The van der Waals surface area contributed by atoms with E-state index in [1.54, 1.807) is 0 Å². The number of rotatable bonds is 4. The van der Waals surface area contributed by atoms with Gasteiger partial charge in [-0.05, 0) is 38.5 Å². The Balaban J connectivity index is 2.30. The predicted octanol–water partition coefficient (Wildman–Crippen LogP) is 2.42. The van der Waals surface area contributed by atoms with Crippen molar-refractivity contribution in [2.75, 3.05) is 11.6 Å². The second-order valence-corrected chi connectivity index (χ2v) is 6.47. The van der Waals surface area contributed by atoms with Crippen LogP contribution in [-0.2, 0) is 0 Å². The first-order valence-corrected chi connectivity index (χ1v) is 8.17. The van der Waals surface area contributed by atoms with Crippen molar-refractivity contribution >= 4 is 34.8 Å². The summed E-state index contributed by atoms with van der Waals surface area (Å²) in [7, 11) is 0. The first kappa shape index (κ1) is 14.5. The number of hydrogen-bond acceptors (Lipinski definition) is 5. The van der Waals surface area contributed by atoms with Crippen LogP contribution in [0.5, 0.6) is 0 Å². The molecule has 2 atom stereocenters. The van der Waals surface area contributed by atoms with E-state index in [0.717, 1.165) is 29.1 Å². The summed E-state index contributed by atoms with van der Waals surface area (Å²) in [5, 5.41) is 12.6. The van der Waals surface area contributed by atoms with E-state index < -0.39 is 0 Å². The van der Waals surface area contributed by atoms with Gasteiger partial charge in [0.15, 0.2) is 5.82 Å². The Morgan fingerprint density at radius 1 is 1.37 bits per heavy atom. The molecule has 1 aliphatic carbocycles. The van der Waals surface area contributed by atoms with Gasteiger partial charge in [0.1, 0.15) is 4.99 Å². The molecule has 0 aliphatic heterocycles. The van der Waals surface area contributed by atoms with E-state index in [1.165, 1.54) is 12.8 Å². The fourth-order valence-corrected chi connectivity index (χ4v) is 3.74. The molecule has 1 heterocycles. The lowest BCUT2D eigenvalue weighted by atomic mass is 10.1. The van der Waals surface area contributed by atoms with Crippen LogP contribution >= 0.6 is 24.0 Å². The number of nitrogens with zero attached hydrogens (tertiary/aromatic N) is 2. The Labute approximate surface area is 123 Å². The van der Waals surface area contributed by atoms with Gasteiger partial charge in [-0.1, -0.05) is 18.6 Å². The highest BCUT2D eigenvalue weighted by Crippen LogP contribution is 2.31. The highest BCUT2D eigenvalue weighted by molar-refractivity contribution is 7.99. The first-order valence-electron chi connectivity index (χ1n) is 6.47. The third-order valence-electron chi connectivity index (χ3n) is 3.78. The van der Waals surface area contributed by atoms with Crippen molar-refractivity contribution in [1.82, 2.24) is 10.2 Å². The van der Waals surface area contributed by atoms with E-state index in [-0.39, 0.29) is 0 Å². The van der Waals surface area contributed by atoms with Gasteiger partial charge in [-0.15, -0.1) is 5.10 Å². The zero-order valence-corrected chi connectivity index (χ0v) is 13.2. The Morgan fingerprint density at radius 3 is 2.74 bits per heavy atom. The van der Waals surface area contributed by atoms with Crippen molar-refractivity contribution in [3.8, 4) is 0 Å². The van der Waals surface area contributed by atoms with Crippen molar-refractivity contribution in [2.45, 2.75) is 44.4 Å². The van der Waals surface area contributed by atoms with Gasteiger partial charge in [0.2, 0.25) is 0 Å². The molecule has 2 rings (SSSR count). The molecule has 0 radical (unpaired) electrons. The van der Waals surface area contributed by atoms with Crippen LogP contribution in [0.15, 0.2) is 0 Å².